The second-order valence-electron chi connectivity index (χ2n) is 12.9. The number of rotatable bonds is 2. The van der Waals surface area contributed by atoms with Crippen LogP contribution < -0.4 is 0 Å². The number of hydrogen-bond donors (Lipinski definition) is 2. The van der Waals surface area contributed by atoms with Gasteiger partial charge in [-0.15, -0.1) is 0 Å². The number of aliphatic hydroxyl groups is 2. The Labute approximate surface area is 222 Å². The molecule has 3 aliphatic carbocycles. The highest BCUT2D eigenvalue weighted by Crippen LogP contribution is 2.72. The molecule has 0 amide bonds. The predicted octanol–water partition coefficient (Wildman–Crippen LogP) is 1.54. The molecule has 0 aromatic rings. The van der Waals surface area contributed by atoms with Crippen molar-refractivity contribution >= 4 is 29.5 Å². The van der Waals surface area contributed by atoms with Gasteiger partial charge in [0.25, 0.3) is 5.60 Å². The third kappa shape index (κ3) is 3.10. The van der Waals surface area contributed by atoms with Gasteiger partial charge < -0.3 is 24.4 Å². The average molecular weight is 535 g/mol. The molecule has 10 atom stereocenters. The van der Waals surface area contributed by atoms with Crippen LogP contribution in [0, 0.1) is 39.4 Å². The van der Waals surface area contributed by atoms with Crippen molar-refractivity contribution in [3.63, 3.8) is 0 Å². The largest absolute Gasteiger partial charge is 0.466 e. The predicted molar refractivity (Wildman–Crippen MR) is 131 cm³/mol. The number of Topliss-reactive ketones (excluding diaryl/α,β-unsaturated/α-hetero) is 2. The van der Waals surface area contributed by atoms with Gasteiger partial charge in [0, 0.05) is 35.5 Å². The first-order valence-corrected chi connectivity index (χ1v) is 12.9. The summed E-state index contributed by atoms with van der Waals surface area (Å²) in [5.74, 6) is -6.46. The lowest BCUT2D eigenvalue weighted by Crippen LogP contribution is -2.78. The molecule has 1 heterocycles. The molecule has 0 radical (unpaired) electrons. The highest BCUT2D eigenvalue weighted by molar-refractivity contribution is 6.15. The molecular formula is C28H38O10. The van der Waals surface area contributed by atoms with E-state index in [-0.39, 0.29) is 18.6 Å². The Morgan fingerprint density at radius 2 is 1.58 bits per heavy atom. The van der Waals surface area contributed by atoms with Crippen LogP contribution in [0.15, 0.2) is 12.2 Å². The van der Waals surface area contributed by atoms with E-state index in [1.54, 1.807) is 27.7 Å². The topological polar surface area (TPSA) is 154 Å². The smallest absolute Gasteiger partial charge is 0.358 e. The molecule has 1 aliphatic heterocycles. The summed E-state index contributed by atoms with van der Waals surface area (Å²) in [6.07, 6.45) is -4.03. The molecule has 4 aliphatic rings. The van der Waals surface area contributed by atoms with E-state index in [4.69, 9.17) is 14.2 Å². The normalized spacial score (nSPS) is 47.7. The second kappa shape index (κ2) is 8.21. The Morgan fingerprint density at radius 3 is 2.11 bits per heavy atom. The Balaban J connectivity index is 2.01. The molecule has 10 nitrogen and oxygen atoms in total. The summed E-state index contributed by atoms with van der Waals surface area (Å²) in [7, 11) is 1.08. The van der Waals surface area contributed by atoms with Crippen LogP contribution >= 0.6 is 0 Å². The first-order chi connectivity index (χ1) is 17.3. The van der Waals surface area contributed by atoms with Crippen LogP contribution in [0.4, 0.5) is 0 Å². The van der Waals surface area contributed by atoms with Gasteiger partial charge in [0.05, 0.1) is 30.7 Å². The molecule has 0 unspecified atom stereocenters. The maximum absolute atomic E-state index is 14.1. The molecule has 3 saturated carbocycles. The molecule has 10 heteroatoms. The van der Waals surface area contributed by atoms with Crippen LogP contribution in [0.1, 0.15) is 61.3 Å². The number of allylic oxidation sites excluding steroid dienone is 1. The number of methoxy groups -OCH3 is 1. The summed E-state index contributed by atoms with van der Waals surface area (Å²) in [4.78, 5) is 66.1. The number of cyclic esters (lactones) is 1. The number of aliphatic hydroxyl groups excluding tert-OH is 2. The van der Waals surface area contributed by atoms with Gasteiger partial charge in [0.1, 0.15) is 11.9 Å². The second-order valence-corrected chi connectivity index (χ2v) is 12.9. The van der Waals surface area contributed by atoms with E-state index in [0.717, 1.165) is 7.11 Å². The van der Waals surface area contributed by atoms with Crippen LogP contribution in [-0.2, 0) is 38.2 Å². The van der Waals surface area contributed by atoms with Gasteiger partial charge in [-0.25, -0.2) is 4.79 Å². The van der Waals surface area contributed by atoms with E-state index in [1.807, 2.05) is 0 Å². The summed E-state index contributed by atoms with van der Waals surface area (Å²) in [5.41, 5.74) is -7.20. The SMILES string of the molecule is C=C1C[C@H]2[C@@](C)([C@H](OC(C)=O)[C@@H](O)[C@@H]3C(C)(C)C(=O)C[C@H](O)[C@]23C)[C@@H]2C(=O)O[C@@](C)(C(=O)OC)C(=O)[C@]12C. The zero-order valence-electron chi connectivity index (χ0n) is 23.2. The molecule has 4 fully saturated rings. The molecule has 2 N–H and O–H groups in total. The fraction of sp³-hybridized carbons (Fsp3) is 0.750. The van der Waals surface area contributed by atoms with E-state index in [0.29, 0.717) is 5.57 Å². The minimum Gasteiger partial charge on any atom is -0.466 e. The Hall–Kier alpha value is -2.59. The van der Waals surface area contributed by atoms with Gasteiger partial charge >= 0.3 is 17.9 Å². The molecule has 0 spiro atoms. The van der Waals surface area contributed by atoms with Gasteiger partial charge in [-0.2, -0.15) is 0 Å². The monoisotopic (exact) mass is 534 g/mol. The minimum atomic E-state index is -2.22. The highest BCUT2D eigenvalue weighted by Gasteiger charge is 2.79. The summed E-state index contributed by atoms with van der Waals surface area (Å²) >= 11 is 0. The Bertz CT molecular complexity index is 1160. The van der Waals surface area contributed by atoms with Crippen LogP contribution in [0.25, 0.3) is 0 Å². The standard InChI is InChI=1S/C28H38O10/c1-12-10-14-26(6)16(31)11-15(30)24(3,4)18(26)17(32)20(37-13(2)29)27(14,7)19-21(33)38-28(8,23(35)36-9)22(34)25(12,19)5/h14,16-20,31-32H,1,10-11H2,2-9H3/t14-,16+,17+,18-,19-,20-,25-,26+,27-,28-/m1/s1. The third-order valence-electron chi connectivity index (χ3n) is 10.7. The lowest BCUT2D eigenvalue weighted by Gasteiger charge is -2.71. The number of esters is 3. The van der Waals surface area contributed by atoms with Crippen molar-refractivity contribution in [2.24, 2.45) is 39.4 Å². The van der Waals surface area contributed by atoms with E-state index in [1.165, 1.54) is 20.8 Å². The maximum atomic E-state index is 14.1. The zero-order chi connectivity index (χ0) is 29.0. The molecule has 38 heavy (non-hydrogen) atoms. The molecule has 0 bridgehead atoms. The minimum absolute atomic E-state index is 0.110. The molecule has 210 valence electrons. The number of ketones is 2. The molecule has 1 saturated heterocycles. The zero-order valence-corrected chi connectivity index (χ0v) is 23.2. The van der Waals surface area contributed by atoms with Crippen LogP contribution in [0.2, 0.25) is 0 Å². The van der Waals surface area contributed by atoms with Gasteiger partial charge in [-0.3, -0.25) is 19.2 Å². The number of ether oxygens (including phenoxy) is 3. The lowest BCUT2D eigenvalue weighted by molar-refractivity contribution is -0.293. The first kappa shape index (κ1) is 28.4. The van der Waals surface area contributed by atoms with Crippen LogP contribution in [-0.4, -0.2) is 70.7 Å². The Kier molecular flexibility index (Phi) is 6.14. The van der Waals surface area contributed by atoms with Gasteiger partial charge in [-0.1, -0.05) is 39.8 Å². The van der Waals surface area contributed by atoms with E-state index in [9.17, 15) is 34.2 Å². The third-order valence-corrected chi connectivity index (χ3v) is 10.7. The summed E-state index contributed by atoms with van der Waals surface area (Å²) in [6.45, 7) is 14.9. The number of hydrogen-bond acceptors (Lipinski definition) is 10. The van der Waals surface area contributed by atoms with E-state index < -0.39 is 87.0 Å². The summed E-state index contributed by atoms with van der Waals surface area (Å²) in [5, 5.41) is 23.3. The van der Waals surface area contributed by atoms with Crippen molar-refractivity contribution in [2.45, 2.75) is 85.2 Å². The molecule has 4 rings (SSSR count). The molecular weight excluding hydrogens is 496 g/mol. The number of fused-ring (bicyclic) bond motifs is 5. The van der Waals surface area contributed by atoms with Gasteiger partial charge in [0.2, 0.25) is 0 Å². The first-order valence-electron chi connectivity index (χ1n) is 12.9. The van der Waals surface area contributed by atoms with Crippen molar-refractivity contribution in [3.8, 4) is 0 Å². The Morgan fingerprint density at radius 1 is 1.00 bits per heavy atom. The fourth-order valence-corrected chi connectivity index (χ4v) is 8.85. The quantitative estimate of drug-likeness (QED) is 0.231. The van der Waals surface area contributed by atoms with Crippen molar-refractivity contribution in [1.29, 1.82) is 0 Å². The molecule has 0 aromatic carbocycles. The number of carbonyl (C=O) groups excluding carboxylic acids is 5. The van der Waals surface area contributed by atoms with E-state index >= 15 is 0 Å². The van der Waals surface area contributed by atoms with Crippen molar-refractivity contribution < 1.29 is 48.4 Å². The van der Waals surface area contributed by atoms with Crippen LogP contribution in [0.3, 0.4) is 0 Å². The van der Waals surface area contributed by atoms with Crippen molar-refractivity contribution in [1.82, 2.24) is 0 Å². The van der Waals surface area contributed by atoms with Crippen molar-refractivity contribution in [3.05, 3.63) is 12.2 Å². The average Bonchev–Trinajstić information content (AvgIpc) is 2.80. The van der Waals surface area contributed by atoms with Crippen molar-refractivity contribution in [2.75, 3.05) is 7.11 Å². The highest BCUT2D eigenvalue weighted by atomic mass is 16.6. The van der Waals surface area contributed by atoms with Gasteiger partial charge in [-0.05, 0) is 26.2 Å². The maximum Gasteiger partial charge on any atom is 0.358 e. The lowest BCUT2D eigenvalue weighted by atomic mass is 9.33. The van der Waals surface area contributed by atoms with E-state index in [2.05, 4.69) is 6.58 Å². The summed E-state index contributed by atoms with van der Waals surface area (Å²) in [6, 6.07) is 0. The van der Waals surface area contributed by atoms with Crippen LogP contribution in [0.5, 0.6) is 0 Å². The molecule has 0 aromatic heterocycles. The van der Waals surface area contributed by atoms with Gasteiger partial charge in [0.15, 0.2) is 5.78 Å². The number of carbonyl (C=O) groups is 5. The fourth-order valence-electron chi connectivity index (χ4n) is 8.85. The summed E-state index contributed by atoms with van der Waals surface area (Å²) < 4.78 is 16.1.